The second kappa shape index (κ2) is 6.60. The van der Waals surface area contributed by atoms with Gasteiger partial charge >= 0.3 is 0 Å². The Labute approximate surface area is 119 Å². The number of hydrogen-bond acceptors (Lipinski definition) is 1. The molecular weight excluding hydrogens is 286 g/mol. The maximum atomic E-state index is 3.77. The summed E-state index contributed by atoms with van der Waals surface area (Å²) in [6, 6.07) is 5.12. The van der Waals surface area contributed by atoms with Gasteiger partial charge in [-0.3, -0.25) is 0 Å². The van der Waals surface area contributed by atoms with Gasteiger partial charge in [0, 0.05) is 10.5 Å². The first kappa shape index (κ1) is 13.9. The van der Waals surface area contributed by atoms with E-state index in [0.717, 1.165) is 0 Å². The minimum atomic E-state index is 0.656. The highest BCUT2D eigenvalue weighted by atomic mass is 79.9. The molecule has 1 aliphatic rings. The van der Waals surface area contributed by atoms with Gasteiger partial charge in [-0.1, -0.05) is 38.2 Å². The lowest BCUT2D eigenvalue weighted by Crippen LogP contribution is -2.21. The highest BCUT2D eigenvalue weighted by Crippen LogP contribution is 2.30. The zero-order valence-corrected chi connectivity index (χ0v) is 13.1. The Morgan fingerprint density at radius 2 is 1.61 bits per heavy atom. The predicted octanol–water partition coefficient (Wildman–Crippen LogP) is 5.59. The monoisotopic (exact) mass is 309 g/mol. The SMILES string of the molecule is Cc1cc(C)c(NC2CCCCCCC2)c(Br)c1. The van der Waals surface area contributed by atoms with E-state index >= 15 is 0 Å². The van der Waals surface area contributed by atoms with Crippen LogP contribution in [-0.4, -0.2) is 6.04 Å². The van der Waals surface area contributed by atoms with Gasteiger partial charge in [-0.2, -0.15) is 0 Å². The number of benzene rings is 1. The minimum Gasteiger partial charge on any atom is -0.381 e. The fourth-order valence-corrected chi connectivity index (χ4v) is 3.69. The molecule has 0 atom stereocenters. The van der Waals surface area contributed by atoms with Crippen LogP contribution in [0.3, 0.4) is 0 Å². The summed E-state index contributed by atoms with van der Waals surface area (Å²) in [5, 5.41) is 3.77. The summed E-state index contributed by atoms with van der Waals surface area (Å²) < 4.78 is 1.21. The molecular formula is C16H24BrN. The molecule has 0 bridgehead atoms. The van der Waals surface area contributed by atoms with Crippen LogP contribution in [0.5, 0.6) is 0 Å². The first-order chi connectivity index (χ1) is 8.66. The number of halogens is 1. The molecule has 0 aromatic heterocycles. The fourth-order valence-electron chi connectivity index (χ4n) is 2.90. The summed E-state index contributed by atoms with van der Waals surface area (Å²) >= 11 is 3.70. The summed E-state index contributed by atoms with van der Waals surface area (Å²) in [5.41, 5.74) is 3.97. The van der Waals surface area contributed by atoms with Gasteiger partial charge in [-0.25, -0.2) is 0 Å². The highest BCUT2D eigenvalue weighted by molar-refractivity contribution is 9.10. The van der Waals surface area contributed by atoms with E-state index in [0.29, 0.717) is 6.04 Å². The molecule has 1 aliphatic carbocycles. The average molecular weight is 310 g/mol. The molecule has 0 amide bonds. The summed E-state index contributed by atoms with van der Waals surface area (Å²) in [6.45, 7) is 4.35. The van der Waals surface area contributed by atoms with E-state index in [-0.39, 0.29) is 0 Å². The molecule has 1 fully saturated rings. The molecule has 0 unspecified atom stereocenters. The Kier molecular flexibility index (Phi) is 5.11. The van der Waals surface area contributed by atoms with Crippen molar-refractivity contribution in [3.8, 4) is 0 Å². The lowest BCUT2D eigenvalue weighted by Gasteiger charge is -2.24. The van der Waals surface area contributed by atoms with Crippen LogP contribution in [0.2, 0.25) is 0 Å². The molecule has 1 N–H and O–H groups in total. The van der Waals surface area contributed by atoms with E-state index in [1.165, 1.54) is 66.2 Å². The second-order valence-corrected chi connectivity index (χ2v) is 6.48. The molecule has 1 nitrogen and oxygen atoms in total. The molecule has 2 rings (SSSR count). The van der Waals surface area contributed by atoms with Gasteiger partial charge in [0.1, 0.15) is 0 Å². The number of anilines is 1. The van der Waals surface area contributed by atoms with Crippen molar-refractivity contribution in [1.82, 2.24) is 0 Å². The molecule has 1 aromatic carbocycles. The Bertz CT molecular complexity index is 369. The van der Waals surface area contributed by atoms with Gasteiger partial charge in [-0.05, 0) is 59.8 Å². The first-order valence-electron chi connectivity index (χ1n) is 7.20. The Hall–Kier alpha value is -0.500. The van der Waals surface area contributed by atoms with Gasteiger partial charge in [0.2, 0.25) is 0 Å². The number of hydrogen-bond donors (Lipinski definition) is 1. The van der Waals surface area contributed by atoms with Crippen LogP contribution in [0.15, 0.2) is 16.6 Å². The zero-order valence-electron chi connectivity index (χ0n) is 11.6. The Morgan fingerprint density at radius 3 is 2.22 bits per heavy atom. The molecule has 0 spiro atoms. The second-order valence-electron chi connectivity index (χ2n) is 5.63. The topological polar surface area (TPSA) is 12.0 Å². The molecule has 0 aliphatic heterocycles. The summed E-state index contributed by atoms with van der Waals surface area (Å²) in [4.78, 5) is 0. The molecule has 2 heteroatoms. The largest absolute Gasteiger partial charge is 0.381 e. The molecule has 1 saturated carbocycles. The predicted molar refractivity (Wildman–Crippen MR) is 83.3 cm³/mol. The standard InChI is InChI=1S/C16H24BrN/c1-12-10-13(2)16(15(17)11-12)18-14-8-6-4-3-5-7-9-14/h10-11,14,18H,3-9H2,1-2H3. The summed E-state index contributed by atoms with van der Waals surface area (Å²) in [5.74, 6) is 0. The summed E-state index contributed by atoms with van der Waals surface area (Å²) in [6.07, 6.45) is 9.64. The van der Waals surface area contributed by atoms with Crippen LogP contribution in [-0.2, 0) is 0 Å². The molecule has 100 valence electrons. The van der Waals surface area contributed by atoms with E-state index in [1.807, 2.05) is 0 Å². The van der Waals surface area contributed by atoms with Crippen LogP contribution >= 0.6 is 15.9 Å². The van der Waals surface area contributed by atoms with Gasteiger partial charge in [0.25, 0.3) is 0 Å². The van der Waals surface area contributed by atoms with E-state index in [2.05, 4.69) is 47.2 Å². The quantitative estimate of drug-likeness (QED) is 0.750. The van der Waals surface area contributed by atoms with E-state index in [1.54, 1.807) is 0 Å². The van der Waals surface area contributed by atoms with Crippen molar-refractivity contribution < 1.29 is 0 Å². The smallest absolute Gasteiger partial charge is 0.0516 e. The summed E-state index contributed by atoms with van der Waals surface area (Å²) in [7, 11) is 0. The van der Waals surface area contributed by atoms with Gasteiger partial charge in [0.05, 0.1) is 5.69 Å². The zero-order chi connectivity index (χ0) is 13.0. The third-order valence-corrected chi connectivity index (χ3v) is 4.51. The highest BCUT2D eigenvalue weighted by Gasteiger charge is 2.13. The van der Waals surface area contributed by atoms with Gasteiger partial charge in [-0.15, -0.1) is 0 Å². The van der Waals surface area contributed by atoms with E-state index < -0.39 is 0 Å². The van der Waals surface area contributed by atoms with Crippen molar-refractivity contribution in [2.24, 2.45) is 0 Å². The maximum absolute atomic E-state index is 3.77. The van der Waals surface area contributed by atoms with Crippen LogP contribution in [0.4, 0.5) is 5.69 Å². The molecule has 0 heterocycles. The van der Waals surface area contributed by atoms with Crippen molar-refractivity contribution in [3.05, 3.63) is 27.7 Å². The lowest BCUT2D eigenvalue weighted by molar-refractivity contribution is 0.471. The third-order valence-electron chi connectivity index (χ3n) is 3.89. The van der Waals surface area contributed by atoms with E-state index in [9.17, 15) is 0 Å². The normalized spacial score (nSPS) is 18.2. The van der Waals surface area contributed by atoms with Crippen molar-refractivity contribution in [2.75, 3.05) is 5.32 Å². The average Bonchev–Trinajstić information content (AvgIpc) is 2.25. The number of nitrogens with one attached hydrogen (secondary N) is 1. The fraction of sp³-hybridized carbons (Fsp3) is 0.625. The lowest BCUT2D eigenvalue weighted by atomic mass is 9.96. The minimum absolute atomic E-state index is 0.656. The third kappa shape index (κ3) is 3.74. The van der Waals surface area contributed by atoms with Crippen LogP contribution in [0.25, 0.3) is 0 Å². The Morgan fingerprint density at radius 1 is 1.00 bits per heavy atom. The maximum Gasteiger partial charge on any atom is 0.0516 e. The van der Waals surface area contributed by atoms with Crippen molar-refractivity contribution in [3.63, 3.8) is 0 Å². The number of aryl methyl sites for hydroxylation is 2. The van der Waals surface area contributed by atoms with Crippen LogP contribution < -0.4 is 5.32 Å². The van der Waals surface area contributed by atoms with Crippen molar-refractivity contribution in [2.45, 2.75) is 64.8 Å². The molecule has 18 heavy (non-hydrogen) atoms. The van der Waals surface area contributed by atoms with Gasteiger partial charge in [0.15, 0.2) is 0 Å². The molecule has 1 aromatic rings. The number of rotatable bonds is 2. The van der Waals surface area contributed by atoms with Gasteiger partial charge < -0.3 is 5.32 Å². The Balaban J connectivity index is 2.07. The van der Waals surface area contributed by atoms with Crippen LogP contribution in [0, 0.1) is 13.8 Å². The van der Waals surface area contributed by atoms with Crippen molar-refractivity contribution in [1.29, 1.82) is 0 Å². The first-order valence-corrected chi connectivity index (χ1v) is 7.99. The van der Waals surface area contributed by atoms with Crippen molar-refractivity contribution >= 4 is 21.6 Å². The molecule has 0 radical (unpaired) electrons. The van der Waals surface area contributed by atoms with Crippen LogP contribution in [0.1, 0.15) is 56.1 Å². The molecule has 0 saturated heterocycles. The van der Waals surface area contributed by atoms with E-state index in [4.69, 9.17) is 0 Å².